The first kappa shape index (κ1) is 29.3. The Morgan fingerprint density at radius 3 is 1.60 bits per heavy atom. The second kappa shape index (κ2) is 12.5. The van der Waals surface area contributed by atoms with Crippen LogP contribution in [0.4, 0.5) is 11.4 Å². The van der Waals surface area contributed by atoms with Gasteiger partial charge in [-0.15, -0.1) is 0 Å². The van der Waals surface area contributed by atoms with Gasteiger partial charge in [-0.05, 0) is 112 Å². The monoisotopic (exact) mass is 609 g/mol. The molecule has 3 heterocycles. The van der Waals surface area contributed by atoms with Crippen LogP contribution in [-0.4, -0.2) is 63.6 Å². The van der Waals surface area contributed by atoms with Crippen LogP contribution in [-0.2, 0) is 19.2 Å². The molecule has 1 aromatic heterocycles. The molecule has 1 unspecified atom stereocenters. The van der Waals surface area contributed by atoms with Crippen LogP contribution in [0.15, 0.2) is 59.1 Å². The Hall–Kier alpha value is -4.47. The zero-order chi connectivity index (χ0) is 30.9. The van der Waals surface area contributed by atoms with Gasteiger partial charge >= 0.3 is 0 Å². The van der Waals surface area contributed by atoms with Crippen molar-refractivity contribution in [3.8, 4) is 22.8 Å². The number of likely N-dealkylation sites (tertiary alicyclic amines) is 2. The van der Waals surface area contributed by atoms with Gasteiger partial charge in [-0.25, -0.2) is 4.98 Å². The maximum absolute atomic E-state index is 13.0. The highest BCUT2D eigenvalue weighted by molar-refractivity contribution is 5.98. The predicted octanol–water partition coefficient (Wildman–Crippen LogP) is 5.47. The SMILES string of the molecule is O=C(Nc1ccc(-c2cnc(-c3ccc(NC(=O)[C@@H]4CCCN4C(=O)CC4CC4)cc3)o2)cc1)C1CCCN1C(=O)CC1CC1. The fraction of sp³-hybridized carbons (Fsp3) is 0.457. The Kier molecular flexibility index (Phi) is 8.12. The average molecular weight is 610 g/mol. The summed E-state index contributed by atoms with van der Waals surface area (Å²) in [5.74, 6) is 1.94. The number of aromatic nitrogens is 1. The molecule has 0 radical (unpaired) electrons. The number of nitrogens with one attached hydrogen (secondary N) is 2. The van der Waals surface area contributed by atoms with Gasteiger partial charge in [-0.2, -0.15) is 0 Å². The van der Waals surface area contributed by atoms with Crippen molar-refractivity contribution in [2.75, 3.05) is 23.7 Å². The van der Waals surface area contributed by atoms with Crippen molar-refractivity contribution in [3.63, 3.8) is 0 Å². The molecule has 2 saturated carbocycles. The van der Waals surface area contributed by atoms with E-state index in [1.807, 2.05) is 48.5 Å². The molecule has 2 aliphatic carbocycles. The molecule has 0 bridgehead atoms. The zero-order valence-corrected chi connectivity index (χ0v) is 25.4. The number of carbonyl (C=O) groups is 4. The molecule has 2 atom stereocenters. The van der Waals surface area contributed by atoms with Crippen LogP contribution in [0.5, 0.6) is 0 Å². The van der Waals surface area contributed by atoms with E-state index in [9.17, 15) is 19.2 Å². The average Bonchev–Trinajstić information content (AvgIpc) is 3.82. The van der Waals surface area contributed by atoms with Crippen LogP contribution in [0.25, 0.3) is 22.8 Å². The van der Waals surface area contributed by atoms with Crippen molar-refractivity contribution in [2.24, 2.45) is 11.8 Å². The molecule has 7 rings (SSSR count). The van der Waals surface area contributed by atoms with Crippen molar-refractivity contribution in [2.45, 2.75) is 76.3 Å². The van der Waals surface area contributed by atoms with Crippen LogP contribution < -0.4 is 10.6 Å². The van der Waals surface area contributed by atoms with Crippen LogP contribution in [0.1, 0.15) is 64.2 Å². The summed E-state index contributed by atoms with van der Waals surface area (Å²) in [5, 5.41) is 5.94. The lowest BCUT2D eigenvalue weighted by Gasteiger charge is -2.24. The molecule has 234 valence electrons. The number of rotatable bonds is 10. The number of amides is 4. The lowest BCUT2D eigenvalue weighted by atomic mass is 10.1. The zero-order valence-electron chi connectivity index (χ0n) is 25.4. The first-order chi connectivity index (χ1) is 21.9. The normalized spacial score (nSPS) is 21.2. The van der Waals surface area contributed by atoms with E-state index >= 15 is 0 Å². The Bertz CT molecular complexity index is 1460. The Morgan fingerprint density at radius 1 is 0.667 bits per heavy atom. The quantitative estimate of drug-likeness (QED) is 0.314. The summed E-state index contributed by atoms with van der Waals surface area (Å²) < 4.78 is 6.04. The van der Waals surface area contributed by atoms with E-state index < -0.39 is 12.1 Å². The fourth-order valence-corrected chi connectivity index (χ4v) is 6.45. The minimum Gasteiger partial charge on any atom is -0.436 e. The lowest BCUT2D eigenvalue weighted by Crippen LogP contribution is -2.43. The van der Waals surface area contributed by atoms with Crippen LogP contribution in [0.2, 0.25) is 0 Å². The molecule has 10 nitrogen and oxygen atoms in total. The number of carbonyl (C=O) groups excluding carboxylic acids is 4. The predicted molar refractivity (Wildman–Crippen MR) is 169 cm³/mol. The standard InChI is InChI=1S/C35H39N5O5/c41-31(19-22-5-6-22)39-17-1-3-28(39)33(43)37-26-13-9-24(10-14-26)30-21-36-35(45-30)25-11-15-27(16-12-25)38-34(44)29-4-2-18-40(29)32(42)20-23-7-8-23/h9-16,21-23,28-29H,1-8,17-20H2,(H,37,43)(H,38,44)/t28?,29-/m0/s1. The van der Waals surface area contributed by atoms with E-state index in [4.69, 9.17) is 4.42 Å². The molecule has 4 fully saturated rings. The number of oxazole rings is 1. The van der Waals surface area contributed by atoms with E-state index in [1.54, 1.807) is 16.0 Å². The Morgan fingerprint density at radius 2 is 1.13 bits per heavy atom. The number of benzene rings is 2. The maximum atomic E-state index is 13.0. The third-order valence-corrected chi connectivity index (χ3v) is 9.41. The maximum Gasteiger partial charge on any atom is 0.247 e. The van der Waals surface area contributed by atoms with Crippen LogP contribution in [0.3, 0.4) is 0 Å². The Balaban J connectivity index is 0.936. The molecule has 2 N–H and O–H groups in total. The lowest BCUT2D eigenvalue weighted by molar-refractivity contribution is -0.137. The van der Waals surface area contributed by atoms with Crippen molar-refractivity contribution in [3.05, 3.63) is 54.7 Å². The minimum atomic E-state index is -0.413. The number of hydrogen-bond donors (Lipinski definition) is 2. The minimum absolute atomic E-state index is 0.0945. The van der Waals surface area contributed by atoms with Crippen molar-refractivity contribution < 1.29 is 23.6 Å². The van der Waals surface area contributed by atoms with E-state index in [1.165, 1.54) is 0 Å². The van der Waals surface area contributed by atoms with Gasteiger partial charge in [0.2, 0.25) is 29.5 Å². The first-order valence-corrected chi connectivity index (χ1v) is 16.3. The van der Waals surface area contributed by atoms with Gasteiger partial charge in [0, 0.05) is 48.4 Å². The van der Waals surface area contributed by atoms with Gasteiger partial charge in [-0.1, -0.05) is 0 Å². The number of nitrogens with zero attached hydrogens (tertiary/aromatic N) is 3. The smallest absolute Gasteiger partial charge is 0.247 e. The molecule has 4 amide bonds. The third-order valence-electron chi connectivity index (χ3n) is 9.41. The van der Waals surface area contributed by atoms with Gasteiger partial charge in [0.05, 0.1) is 6.20 Å². The summed E-state index contributed by atoms with van der Waals surface area (Å²) in [6.07, 6.45) is 10.3. The second-order valence-corrected chi connectivity index (χ2v) is 12.9. The Labute approximate surface area is 262 Å². The topological polar surface area (TPSA) is 125 Å². The molecule has 10 heteroatoms. The van der Waals surface area contributed by atoms with Gasteiger partial charge in [0.15, 0.2) is 5.76 Å². The molecule has 4 aliphatic rings. The van der Waals surface area contributed by atoms with Crippen molar-refractivity contribution >= 4 is 35.0 Å². The highest BCUT2D eigenvalue weighted by Gasteiger charge is 2.37. The molecular weight excluding hydrogens is 570 g/mol. The van der Waals surface area contributed by atoms with Gasteiger partial charge < -0.3 is 24.9 Å². The van der Waals surface area contributed by atoms with Crippen LogP contribution in [0, 0.1) is 11.8 Å². The molecular formula is C35H39N5O5. The first-order valence-electron chi connectivity index (χ1n) is 16.3. The van der Waals surface area contributed by atoms with E-state index in [-0.39, 0.29) is 23.6 Å². The summed E-state index contributed by atoms with van der Waals surface area (Å²) in [5.41, 5.74) is 2.90. The van der Waals surface area contributed by atoms with E-state index in [0.29, 0.717) is 73.6 Å². The molecule has 2 saturated heterocycles. The highest BCUT2D eigenvalue weighted by Crippen LogP contribution is 2.35. The van der Waals surface area contributed by atoms with Crippen LogP contribution >= 0.6 is 0 Å². The number of anilines is 2. The summed E-state index contributed by atoms with van der Waals surface area (Å²) in [4.78, 5) is 59.2. The summed E-state index contributed by atoms with van der Waals surface area (Å²) in [7, 11) is 0. The van der Waals surface area contributed by atoms with Gasteiger partial charge in [0.1, 0.15) is 12.1 Å². The van der Waals surface area contributed by atoms with Gasteiger partial charge in [-0.3, -0.25) is 19.2 Å². The molecule has 2 aromatic carbocycles. The largest absolute Gasteiger partial charge is 0.436 e. The summed E-state index contributed by atoms with van der Waals surface area (Å²) in [6, 6.07) is 13.9. The fourth-order valence-electron chi connectivity index (χ4n) is 6.45. The van der Waals surface area contributed by atoms with Crippen molar-refractivity contribution in [1.29, 1.82) is 0 Å². The van der Waals surface area contributed by atoms with E-state index in [0.717, 1.165) is 49.7 Å². The second-order valence-electron chi connectivity index (χ2n) is 12.9. The highest BCUT2D eigenvalue weighted by atomic mass is 16.4. The summed E-state index contributed by atoms with van der Waals surface area (Å²) in [6.45, 7) is 1.30. The third kappa shape index (κ3) is 6.79. The molecule has 45 heavy (non-hydrogen) atoms. The van der Waals surface area contributed by atoms with Crippen molar-refractivity contribution in [1.82, 2.24) is 14.8 Å². The number of hydrogen-bond acceptors (Lipinski definition) is 6. The molecule has 0 spiro atoms. The summed E-state index contributed by atoms with van der Waals surface area (Å²) >= 11 is 0. The molecule has 2 aliphatic heterocycles. The molecule has 3 aromatic rings. The van der Waals surface area contributed by atoms with E-state index in [2.05, 4.69) is 15.6 Å². The van der Waals surface area contributed by atoms with Gasteiger partial charge in [0.25, 0.3) is 0 Å².